The Morgan fingerprint density at radius 1 is 1.07 bits per heavy atom. The molecule has 1 heterocycles. The van der Waals surface area contributed by atoms with Crippen LogP contribution in [0.25, 0.3) is 0 Å². The van der Waals surface area contributed by atoms with E-state index in [0.717, 1.165) is 0 Å². The Bertz CT molecular complexity index is 958. The van der Waals surface area contributed by atoms with Gasteiger partial charge >= 0.3 is 0 Å². The van der Waals surface area contributed by atoms with E-state index in [2.05, 4.69) is 0 Å². The summed E-state index contributed by atoms with van der Waals surface area (Å²) in [5.74, 6) is -0.888. The fourth-order valence-corrected chi connectivity index (χ4v) is 4.15. The molecule has 1 aliphatic heterocycles. The SMILES string of the molecule is CCN(CC)C(=O)[C@@H]1c2cc(OC)c(OC)cc2C(=O)N(C)[C@H]1c1ccccc1F. The van der Waals surface area contributed by atoms with Crippen LogP contribution < -0.4 is 9.47 Å². The molecule has 2 atom stereocenters. The number of halogens is 1. The standard InChI is InChI=1S/C23H27FN2O4/c1-6-26(7-2)23(28)20-15-12-18(29-4)19(30-5)13-16(15)22(27)25(3)21(20)14-10-8-9-11-17(14)24/h8-13,20-21H,6-7H2,1-5H3/t20-,21+/m1/s1. The first-order chi connectivity index (χ1) is 14.4. The lowest BCUT2D eigenvalue weighted by molar-refractivity contribution is -0.134. The van der Waals surface area contributed by atoms with E-state index in [-0.39, 0.29) is 11.8 Å². The number of rotatable bonds is 6. The van der Waals surface area contributed by atoms with Crippen molar-refractivity contribution < 1.29 is 23.5 Å². The quantitative estimate of drug-likeness (QED) is 0.725. The minimum Gasteiger partial charge on any atom is -0.493 e. The van der Waals surface area contributed by atoms with Crippen molar-refractivity contribution in [2.24, 2.45) is 0 Å². The summed E-state index contributed by atoms with van der Waals surface area (Å²) in [4.78, 5) is 30.0. The highest BCUT2D eigenvalue weighted by atomic mass is 19.1. The van der Waals surface area contributed by atoms with E-state index >= 15 is 0 Å². The zero-order valence-electron chi connectivity index (χ0n) is 17.9. The summed E-state index contributed by atoms with van der Waals surface area (Å²) in [7, 11) is 4.58. The molecule has 0 bridgehead atoms. The van der Waals surface area contributed by atoms with E-state index in [1.165, 1.54) is 25.2 Å². The average Bonchev–Trinajstić information content (AvgIpc) is 2.76. The molecular weight excluding hydrogens is 387 g/mol. The van der Waals surface area contributed by atoms with Gasteiger partial charge in [0.05, 0.1) is 26.2 Å². The molecule has 2 aromatic carbocycles. The molecule has 0 spiro atoms. The lowest BCUT2D eigenvalue weighted by Gasteiger charge is -2.41. The van der Waals surface area contributed by atoms with Crippen molar-refractivity contribution in [1.82, 2.24) is 9.80 Å². The van der Waals surface area contributed by atoms with Gasteiger partial charge in [-0.3, -0.25) is 9.59 Å². The highest BCUT2D eigenvalue weighted by Gasteiger charge is 2.45. The molecule has 2 amide bonds. The highest BCUT2D eigenvalue weighted by molar-refractivity contribution is 6.02. The molecule has 6 nitrogen and oxygen atoms in total. The molecule has 0 fully saturated rings. The van der Waals surface area contributed by atoms with Crippen LogP contribution in [0.5, 0.6) is 11.5 Å². The van der Waals surface area contributed by atoms with Crippen molar-refractivity contribution in [3.8, 4) is 11.5 Å². The lowest BCUT2D eigenvalue weighted by atomic mass is 9.78. The number of hydrogen-bond donors (Lipinski definition) is 0. The van der Waals surface area contributed by atoms with Gasteiger partial charge in [-0.15, -0.1) is 0 Å². The van der Waals surface area contributed by atoms with Gasteiger partial charge < -0.3 is 19.3 Å². The summed E-state index contributed by atoms with van der Waals surface area (Å²) in [5.41, 5.74) is 1.17. The summed E-state index contributed by atoms with van der Waals surface area (Å²) in [6.07, 6.45) is 0. The number of ether oxygens (including phenoxy) is 2. The number of carbonyl (C=O) groups is 2. The second kappa shape index (κ2) is 8.73. The third-order valence-corrected chi connectivity index (χ3v) is 5.74. The summed E-state index contributed by atoms with van der Waals surface area (Å²) >= 11 is 0. The van der Waals surface area contributed by atoms with Gasteiger partial charge in [0, 0.05) is 31.3 Å². The van der Waals surface area contributed by atoms with E-state index in [0.29, 0.717) is 41.3 Å². The van der Waals surface area contributed by atoms with Gasteiger partial charge in [-0.2, -0.15) is 0 Å². The Kier molecular flexibility index (Phi) is 6.29. The predicted octanol–water partition coefficient (Wildman–Crippen LogP) is 3.62. The molecule has 0 saturated carbocycles. The van der Waals surface area contributed by atoms with Crippen LogP contribution in [0.3, 0.4) is 0 Å². The maximum Gasteiger partial charge on any atom is 0.254 e. The van der Waals surface area contributed by atoms with Crippen molar-refractivity contribution in [2.45, 2.75) is 25.8 Å². The molecule has 0 radical (unpaired) electrons. The number of benzene rings is 2. The van der Waals surface area contributed by atoms with Crippen molar-refractivity contribution >= 4 is 11.8 Å². The Morgan fingerprint density at radius 3 is 2.23 bits per heavy atom. The topological polar surface area (TPSA) is 59.1 Å². The first-order valence-corrected chi connectivity index (χ1v) is 9.95. The van der Waals surface area contributed by atoms with Gasteiger partial charge in [0.1, 0.15) is 5.82 Å². The first-order valence-electron chi connectivity index (χ1n) is 9.95. The summed E-state index contributed by atoms with van der Waals surface area (Å²) in [6, 6.07) is 8.74. The maximum atomic E-state index is 14.8. The molecule has 30 heavy (non-hydrogen) atoms. The fraction of sp³-hybridized carbons (Fsp3) is 0.391. The number of amides is 2. The first kappa shape index (κ1) is 21.6. The Labute approximate surface area is 176 Å². The minimum absolute atomic E-state index is 0.166. The van der Waals surface area contributed by atoms with E-state index in [1.807, 2.05) is 13.8 Å². The zero-order chi connectivity index (χ0) is 22.0. The van der Waals surface area contributed by atoms with Gasteiger partial charge in [0.15, 0.2) is 11.5 Å². The molecule has 3 rings (SSSR count). The molecule has 0 N–H and O–H groups in total. The van der Waals surface area contributed by atoms with Crippen LogP contribution in [0.15, 0.2) is 36.4 Å². The molecule has 7 heteroatoms. The van der Waals surface area contributed by atoms with E-state index < -0.39 is 17.8 Å². The Morgan fingerprint density at radius 2 is 1.67 bits per heavy atom. The number of hydrogen-bond acceptors (Lipinski definition) is 4. The van der Waals surface area contributed by atoms with Gasteiger partial charge in [-0.25, -0.2) is 4.39 Å². The number of likely N-dealkylation sites (N-methyl/N-ethyl adjacent to an activating group) is 2. The molecule has 0 aliphatic carbocycles. The number of nitrogens with zero attached hydrogens (tertiary/aromatic N) is 2. The van der Waals surface area contributed by atoms with Crippen molar-refractivity contribution in [1.29, 1.82) is 0 Å². The van der Waals surface area contributed by atoms with E-state index in [1.54, 1.807) is 42.3 Å². The van der Waals surface area contributed by atoms with Crippen LogP contribution >= 0.6 is 0 Å². The van der Waals surface area contributed by atoms with Crippen molar-refractivity contribution in [3.63, 3.8) is 0 Å². The maximum absolute atomic E-state index is 14.8. The number of fused-ring (bicyclic) bond motifs is 1. The third-order valence-electron chi connectivity index (χ3n) is 5.74. The predicted molar refractivity (Wildman–Crippen MR) is 111 cm³/mol. The van der Waals surface area contributed by atoms with Crippen LogP contribution in [0.2, 0.25) is 0 Å². The van der Waals surface area contributed by atoms with Gasteiger partial charge in [0.25, 0.3) is 5.91 Å². The minimum atomic E-state index is -0.780. The number of carbonyl (C=O) groups excluding carboxylic acids is 2. The van der Waals surface area contributed by atoms with Crippen LogP contribution in [0.1, 0.15) is 47.3 Å². The summed E-state index contributed by atoms with van der Waals surface area (Å²) in [6.45, 7) is 4.81. The molecule has 1 aliphatic rings. The Hall–Kier alpha value is -3.09. The van der Waals surface area contributed by atoms with Gasteiger partial charge in [-0.1, -0.05) is 18.2 Å². The molecule has 0 unspecified atom stereocenters. The lowest BCUT2D eigenvalue weighted by Crippen LogP contribution is -2.47. The van der Waals surface area contributed by atoms with Crippen LogP contribution in [-0.4, -0.2) is 56.0 Å². The van der Waals surface area contributed by atoms with Gasteiger partial charge in [0.2, 0.25) is 5.91 Å². The van der Waals surface area contributed by atoms with Gasteiger partial charge in [-0.05, 0) is 37.6 Å². The molecule has 2 aromatic rings. The van der Waals surface area contributed by atoms with Crippen molar-refractivity contribution in [2.75, 3.05) is 34.4 Å². The fourth-order valence-electron chi connectivity index (χ4n) is 4.15. The summed E-state index contributed by atoms with van der Waals surface area (Å²) in [5, 5.41) is 0. The monoisotopic (exact) mass is 414 g/mol. The molecule has 0 aromatic heterocycles. The number of methoxy groups -OCH3 is 2. The largest absolute Gasteiger partial charge is 0.493 e. The van der Waals surface area contributed by atoms with Crippen LogP contribution in [-0.2, 0) is 4.79 Å². The van der Waals surface area contributed by atoms with Crippen LogP contribution in [0, 0.1) is 5.82 Å². The molecular formula is C23H27FN2O4. The average molecular weight is 414 g/mol. The molecule has 0 saturated heterocycles. The second-order valence-electron chi connectivity index (χ2n) is 7.17. The summed E-state index contributed by atoms with van der Waals surface area (Å²) < 4.78 is 25.6. The van der Waals surface area contributed by atoms with E-state index in [4.69, 9.17) is 9.47 Å². The van der Waals surface area contributed by atoms with E-state index in [9.17, 15) is 14.0 Å². The zero-order valence-corrected chi connectivity index (χ0v) is 17.9. The van der Waals surface area contributed by atoms with Crippen molar-refractivity contribution in [3.05, 3.63) is 58.9 Å². The smallest absolute Gasteiger partial charge is 0.254 e. The molecule has 160 valence electrons. The second-order valence-corrected chi connectivity index (χ2v) is 7.17. The Balaban J connectivity index is 2.30. The highest BCUT2D eigenvalue weighted by Crippen LogP contribution is 2.46. The normalized spacial score (nSPS) is 18.1. The third kappa shape index (κ3) is 3.49. The van der Waals surface area contributed by atoms with Crippen LogP contribution in [0.4, 0.5) is 4.39 Å².